The van der Waals surface area contributed by atoms with Gasteiger partial charge in [0.2, 0.25) is 0 Å². The third-order valence-electron chi connectivity index (χ3n) is 2.60. The van der Waals surface area contributed by atoms with Crippen molar-refractivity contribution in [1.82, 2.24) is 0 Å². The molecule has 0 spiro atoms. The molecule has 0 saturated heterocycles. The Kier molecular flexibility index (Phi) is 5.60. The molecule has 0 fully saturated rings. The number of ketones is 1. The van der Waals surface area contributed by atoms with Crippen LogP contribution in [-0.4, -0.2) is 18.4 Å². The van der Waals surface area contributed by atoms with Crippen molar-refractivity contribution >= 4 is 27.7 Å². The minimum absolute atomic E-state index is 0.0706. The van der Waals surface area contributed by atoms with Crippen LogP contribution in [0.15, 0.2) is 16.6 Å². The van der Waals surface area contributed by atoms with Crippen LogP contribution in [0.2, 0.25) is 0 Å². The van der Waals surface area contributed by atoms with E-state index in [2.05, 4.69) is 15.9 Å². The number of ether oxygens (including phenoxy) is 1. The Hall–Kier alpha value is -1.30. The maximum Gasteiger partial charge on any atom is 0.316 e. The van der Waals surface area contributed by atoms with E-state index in [9.17, 15) is 18.4 Å². The number of carbonyl (C=O) groups excluding carboxylic acids is 2. The highest BCUT2D eigenvalue weighted by Crippen LogP contribution is 2.26. The summed E-state index contributed by atoms with van der Waals surface area (Å²) in [6.07, 6.45) is 0.225. The van der Waals surface area contributed by atoms with Crippen LogP contribution in [0.3, 0.4) is 0 Å². The Labute approximate surface area is 118 Å². The fraction of sp³-hybridized carbons (Fsp3) is 0.385. The number of carbonyl (C=O) groups is 2. The van der Waals surface area contributed by atoms with Gasteiger partial charge in [-0.05, 0) is 41.4 Å². The summed E-state index contributed by atoms with van der Waals surface area (Å²) in [5, 5.41) is 0. The molecular formula is C13H13BrF2O3. The molecule has 0 bridgehead atoms. The van der Waals surface area contributed by atoms with Crippen LogP contribution in [-0.2, 0) is 9.53 Å². The predicted molar refractivity (Wildman–Crippen MR) is 68.8 cm³/mol. The van der Waals surface area contributed by atoms with Gasteiger partial charge in [-0.15, -0.1) is 0 Å². The average molecular weight is 335 g/mol. The lowest BCUT2D eigenvalue weighted by atomic mass is 9.95. The van der Waals surface area contributed by atoms with E-state index >= 15 is 0 Å². The normalized spacial score (nSPS) is 12.1. The molecule has 1 aromatic carbocycles. The molecule has 0 amide bonds. The van der Waals surface area contributed by atoms with Gasteiger partial charge in [-0.1, -0.05) is 6.92 Å². The summed E-state index contributed by atoms with van der Waals surface area (Å²) >= 11 is 2.83. The van der Waals surface area contributed by atoms with Crippen LogP contribution < -0.4 is 0 Å². The molecule has 1 rings (SSSR count). The van der Waals surface area contributed by atoms with Gasteiger partial charge >= 0.3 is 5.97 Å². The summed E-state index contributed by atoms with van der Waals surface area (Å²) in [6.45, 7) is 3.43. The molecule has 0 aliphatic rings. The van der Waals surface area contributed by atoms with Crippen molar-refractivity contribution in [3.05, 3.63) is 33.8 Å². The first-order chi connectivity index (χ1) is 8.93. The fourth-order valence-electron chi connectivity index (χ4n) is 1.61. The molecular weight excluding hydrogens is 322 g/mol. The fourth-order valence-corrected chi connectivity index (χ4v) is 2.12. The van der Waals surface area contributed by atoms with Crippen LogP contribution in [0.4, 0.5) is 8.78 Å². The lowest BCUT2D eigenvalue weighted by molar-refractivity contribution is -0.146. The molecule has 0 N–H and O–H groups in total. The Morgan fingerprint density at radius 2 is 1.95 bits per heavy atom. The Bertz CT molecular complexity index is 503. The topological polar surface area (TPSA) is 43.4 Å². The average Bonchev–Trinajstić information content (AvgIpc) is 2.37. The van der Waals surface area contributed by atoms with Gasteiger partial charge < -0.3 is 4.74 Å². The van der Waals surface area contributed by atoms with E-state index in [1.807, 2.05) is 0 Å². The molecule has 0 radical (unpaired) electrons. The first kappa shape index (κ1) is 15.8. The molecule has 0 aliphatic heterocycles. The SMILES string of the molecule is CCOC(=O)C(CC)C(=O)c1ccc(F)c(F)c1Br. The standard InChI is InChI=1S/C13H13BrF2O3/c1-3-7(13(18)19-4-2)12(17)8-5-6-9(15)11(16)10(8)14/h5-7H,3-4H2,1-2H3. The summed E-state index contributed by atoms with van der Waals surface area (Å²) in [4.78, 5) is 23.8. The summed E-state index contributed by atoms with van der Waals surface area (Å²) < 4.78 is 30.9. The Balaban J connectivity index is 3.11. The third kappa shape index (κ3) is 3.37. The highest BCUT2D eigenvalue weighted by atomic mass is 79.9. The van der Waals surface area contributed by atoms with Gasteiger partial charge in [0.15, 0.2) is 17.4 Å². The van der Waals surface area contributed by atoms with Crippen molar-refractivity contribution in [3.8, 4) is 0 Å². The van der Waals surface area contributed by atoms with E-state index in [-0.39, 0.29) is 23.1 Å². The number of rotatable bonds is 5. The van der Waals surface area contributed by atoms with E-state index in [1.54, 1.807) is 13.8 Å². The van der Waals surface area contributed by atoms with Crippen molar-refractivity contribution in [3.63, 3.8) is 0 Å². The molecule has 0 aromatic heterocycles. The molecule has 0 aliphatic carbocycles. The largest absolute Gasteiger partial charge is 0.465 e. The zero-order valence-corrected chi connectivity index (χ0v) is 12.1. The van der Waals surface area contributed by atoms with Gasteiger partial charge in [0.25, 0.3) is 0 Å². The molecule has 1 aromatic rings. The second-order valence-electron chi connectivity index (χ2n) is 3.80. The van der Waals surface area contributed by atoms with Gasteiger partial charge in [-0.3, -0.25) is 9.59 Å². The Morgan fingerprint density at radius 3 is 2.47 bits per heavy atom. The highest BCUT2D eigenvalue weighted by Gasteiger charge is 2.29. The van der Waals surface area contributed by atoms with E-state index in [0.29, 0.717) is 0 Å². The zero-order chi connectivity index (χ0) is 14.6. The molecule has 6 heteroatoms. The van der Waals surface area contributed by atoms with Gasteiger partial charge in [0.1, 0.15) is 5.92 Å². The molecule has 1 atom stereocenters. The van der Waals surface area contributed by atoms with Crippen LogP contribution in [0, 0.1) is 17.6 Å². The van der Waals surface area contributed by atoms with Crippen molar-refractivity contribution in [2.24, 2.45) is 5.92 Å². The van der Waals surface area contributed by atoms with Crippen LogP contribution in [0.1, 0.15) is 30.6 Å². The first-order valence-corrected chi connectivity index (χ1v) is 6.57. The summed E-state index contributed by atoms with van der Waals surface area (Å²) in [7, 11) is 0. The monoisotopic (exact) mass is 334 g/mol. The molecule has 0 saturated carbocycles. The summed E-state index contributed by atoms with van der Waals surface area (Å²) in [5.74, 6) is -4.48. The number of Topliss-reactive ketones (excluding diaryl/α,β-unsaturated/α-hetero) is 1. The first-order valence-electron chi connectivity index (χ1n) is 5.78. The third-order valence-corrected chi connectivity index (χ3v) is 3.37. The van der Waals surface area contributed by atoms with Crippen molar-refractivity contribution < 1.29 is 23.1 Å². The molecule has 3 nitrogen and oxygen atoms in total. The minimum atomic E-state index is -1.15. The lowest BCUT2D eigenvalue weighted by Crippen LogP contribution is -2.26. The van der Waals surface area contributed by atoms with Gasteiger partial charge in [0, 0.05) is 5.56 Å². The summed E-state index contributed by atoms with van der Waals surface area (Å²) in [5.41, 5.74) is -0.0706. The number of hydrogen-bond acceptors (Lipinski definition) is 3. The molecule has 19 heavy (non-hydrogen) atoms. The predicted octanol–water partition coefficient (Wildman–Crippen LogP) is 3.50. The van der Waals surface area contributed by atoms with E-state index in [1.165, 1.54) is 0 Å². The van der Waals surface area contributed by atoms with Crippen LogP contribution in [0.25, 0.3) is 0 Å². The second-order valence-corrected chi connectivity index (χ2v) is 4.59. The number of benzene rings is 1. The van der Waals surface area contributed by atoms with Crippen molar-refractivity contribution in [2.45, 2.75) is 20.3 Å². The highest BCUT2D eigenvalue weighted by molar-refractivity contribution is 9.10. The van der Waals surface area contributed by atoms with Crippen LogP contribution >= 0.6 is 15.9 Å². The maximum atomic E-state index is 13.4. The molecule has 0 heterocycles. The van der Waals surface area contributed by atoms with E-state index in [4.69, 9.17) is 4.74 Å². The zero-order valence-electron chi connectivity index (χ0n) is 10.5. The smallest absolute Gasteiger partial charge is 0.316 e. The Morgan fingerprint density at radius 1 is 1.32 bits per heavy atom. The van der Waals surface area contributed by atoms with Gasteiger partial charge in [-0.25, -0.2) is 8.78 Å². The summed E-state index contributed by atoms with van der Waals surface area (Å²) in [6, 6.07) is 2.00. The second kappa shape index (κ2) is 6.75. The number of hydrogen-bond donors (Lipinski definition) is 0. The van der Waals surface area contributed by atoms with Crippen molar-refractivity contribution in [2.75, 3.05) is 6.61 Å². The van der Waals surface area contributed by atoms with Crippen LogP contribution in [0.5, 0.6) is 0 Å². The molecule has 1 unspecified atom stereocenters. The minimum Gasteiger partial charge on any atom is -0.465 e. The van der Waals surface area contributed by atoms with Crippen molar-refractivity contribution in [1.29, 1.82) is 0 Å². The van der Waals surface area contributed by atoms with E-state index < -0.39 is 29.3 Å². The maximum absolute atomic E-state index is 13.4. The quantitative estimate of drug-likeness (QED) is 0.358. The van der Waals surface area contributed by atoms with Gasteiger partial charge in [0.05, 0.1) is 11.1 Å². The number of esters is 1. The lowest BCUT2D eigenvalue weighted by Gasteiger charge is -2.13. The van der Waals surface area contributed by atoms with Gasteiger partial charge in [-0.2, -0.15) is 0 Å². The van der Waals surface area contributed by atoms with E-state index in [0.717, 1.165) is 12.1 Å². The molecule has 104 valence electrons. The number of halogens is 3.